The van der Waals surface area contributed by atoms with E-state index in [1.807, 2.05) is 0 Å². The number of carbonyl (C=O) groups is 2. The quantitative estimate of drug-likeness (QED) is 0.270. The molecular formula is C12H12Cl2FN3O3. The molecule has 0 saturated carbocycles. The summed E-state index contributed by atoms with van der Waals surface area (Å²) in [4.78, 5) is 32.3. The summed E-state index contributed by atoms with van der Waals surface area (Å²) in [6, 6.07) is 0. The molecule has 0 saturated heterocycles. The maximum absolute atomic E-state index is 13.3. The zero-order chi connectivity index (χ0) is 16.2. The lowest BCUT2D eigenvalue weighted by Gasteiger charge is -2.11. The second-order valence-corrected chi connectivity index (χ2v) is 4.72. The SMILES string of the molecule is CCOC(=O)/C(=C\N(C)C)C(=O)c1nc(F)c(Cl)nc1Cl. The van der Waals surface area contributed by atoms with E-state index in [-0.39, 0.29) is 12.2 Å². The van der Waals surface area contributed by atoms with E-state index >= 15 is 0 Å². The third-order valence-electron chi connectivity index (χ3n) is 2.11. The van der Waals surface area contributed by atoms with Crippen LogP contribution in [0.5, 0.6) is 0 Å². The zero-order valence-corrected chi connectivity index (χ0v) is 13.0. The monoisotopic (exact) mass is 335 g/mol. The molecule has 0 atom stereocenters. The number of hydrogen-bond acceptors (Lipinski definition) is 6. The van der Waals surface area contributed by atoms with Crippen molar-refractivity contribution in [2.24, 2.45) is 0 Å². The van der Waals surface area contributed by atoms with Gasteiger partial charge in [0.25, 0.3) is 5.95 Å². The van der Waals surface area contributed by atoms with Gasteiger partial charge in [0.15, 0.2) is 16.0 Å². The van der Waals surface area contributed by atoms with Crippen molar-refractivity contribution in [1.82, 2.24) is 14.9 Å². The molecule has 0 spiro atoms. The van der Waals surface area contributed by atoms with Gasteiger partial charge in [-0.25, -0.2) is 14.8 Å². The summed E-state index contributed by atoms with van der Waals surface area (Å²) >= 11 is 11.1. The summed E-state index contributed by atoms with van der Waals surface area (Å²) < 4.78 is 18.1. The highest BCUT2D eigenvalue weighted by atomic mass is 35.5. The first-order valence-electron chi connectivity index (χ1n) is 5.76. The van der Waals surface area contributed by atoms with Crippen molar-refractivity contribution in [1.29, 1.82) is 0 Å². The standard InChI is InChI=1S/C12H12Cl2FN3O3/c1-4-21-12(20)6(5-18(2)3)8(19)7-9(13)17-10(14)11(15)16-7/h5H,4H2,1-3H3/b6-5-. The molecule has 1 aromatic rings. The van der Waals surface area contributed by atoms with Crippen molar-refractivity contribution in [2.75, 3.05) is 20.7 Å². The van der Waals surface area contributed by atoms with Gasteiger partial charge in [0.05, 0.1) is 6.61 Å². The number of rotatable bonds is 5. The highest BCUT2D eigenvalue weighted by molar-refractivity contribution is 6.36. The number of nitrogens with zero attached hydrogens (tertiary/aromatic N) is 3. The highest BCUT2D eigenvalue weighted by Crippen LogP contribution is 2.20. The van der Waals surface area contributed by atoms with E-state index in [1.165, 1.54) is 11.1 Å². The Labute approximate surface area is 130 Å². The number of ketones is 1. The van der Waals surface area contributed by atoms with E-state index < -0.39 is 33.7 Å². The molecule has 0 unspecified atom stereocenters. The molecule has 9 heteroatoms. The lowest BCUT2D eigenvalue weighted by Crippen LogP contribution is -2.21. The van der Waals surface area contributed by atoms with Gasteiger partial charge in [-0.1, -0.05) is 23.2 Å². The summed E-state index contributed by atoms with van der Waals surface area (Å²) in [6.45, 7) is 1.66. The molecule has 0 aromatic carbocycles. The lowest BCUT2D eigenvalue weighted by molar-refractivity contribution is -0.138. The van der Waals surface area contributed by atoms with E-state index in [0.29, 0.717) is 0 Å². The molecule has 0 fully saturated rings. The lowest BCUT2D eigenvalue weighted by atomic mass is 10.1. The Morgan fingerprint density at radius 2 is 1.90 bits per heavy atom. The van der Waals surface area contributed by atoms with Crippen molar-refractivity contribution in [2.45, 2.75) is 6.92 Å². The average Bonchev–Trinajstić information content (AvgIpc) is 2.39. The molecule has 0 bridgehead atoms. The van der Waals surface area contributed by atoms with Crippen LogP contribution in [0, 0.1) is 5.95 Å². The Morgan fingerprint density at radius 1 is 1.29 bits per heavy atom. The summed E-state index contributed by atoms with van der Waals surface area (Å²) in [5.74, 6) is -2.93. The van der Waals surface area contributed by atoms with E-state index in [2.05, 4.69) is 9.97 Å². The van der Waals surface area contributed by atoms with E-state index in [9.17, 15) is 14.0 Å². The summed E-state index contributed by atoms with van der Waals surface area (Å²) in [5, 5.41) is -0.967. The molecule has 0 radical (unpaired) electrons. The van der Waals surface area contributed by atoms with E-state index in [4.69, 9.17) is 27.9 Å². The van der Waals surface area contributed by atoms with Crippen LogP contribution in [0.25, 0.3) is 0 Å². The van der Waals surface area contributed by atoms with Crippen LogP contribution in [0.2, 0.25) is 10.3 Å². The number of ether oxygens (including phenoxy) is 1. The number of Topliss-reactive ketones (excluding diaryl/α,β-unsaturated/α-hetero) is 1. The predicted octanol–water partition coefficient (Wildman–Crippen LogP) is 2.11. The van der Waals surface area contributed by atoms with Crippen LogP contribution in [0.3, 0.4) is 0 Å². The first kappa shape index (κ1) is 17.3. The topological polar surface area (TPSA) is 72.4 Å². The minimum absolute atomic E-state index is 0.0747. The number of esters is 1. The summed E-state index contributed by atoms with van der Waals surface area (Å²) in [6.07, 6.45) is 1.23. The van der Waals surface area contributed by atoms with Crippen LogP contribution in [0.4, 0.5) is 4.39 Å². The van der Waals surface area contributed by atoms with Crippen molar-refractivity contribution in [3.05, 3.63) is 33.7 Å². The number of carbonyl (C=O) groups excluding carboxylic acids is 2. The second kappa shape index (κ2) is 7.33. The predicted molar refractivity (Wildman–Crippen MR) is 74.7 cm³/mol. The molecule has 0 amide bonds. The van der Waals surface area contributed by atoms with Gasteiger partial charge in [0.2, 0.25) is 5.78 Å². The maximum atomic E-state index is 13.3. The minimum Gasteiger partial charge on any atom is -0.462 e. The maximum Gasteiger partial charge on any atom is 0.343 e. The van der Waals surface area contributed by atoms with Gasteiger partial charge >= 0.3 is 5.97 Å². The molecule has 0 aliphatic rings. The molecule has 0 aliphatic carbocycles. The summed E-state index contributed by atoms with van der Waals surface area (Å²) in [7, 11) is 3.20. The van der Waals surface area contributed by atoms with Crippen molar-refractivity contribution >= 4 is 35.0 Å². The Balaban J connectivity index is 3.30. The van der Waals surface area contributed by atoms with Gasteiger partial charge in [0, 0.05) is 20.3 Å². The third-order valence-corrected chi connectivity index (χ3v) is 2.62. The molecule has 1 rings (SSSR count). The van der Waals surface area contributed by atoms with Crippen molar-refractivity contribution < 1.29 is 18.7 Å². The molecule has 0 aliphatic heterocycles. The average molecular weight is 336 g/mol. The minimum atomic E-state index is -1.16. The summed E-state index contributed by atoms with van der Waals surface area (Å²) in [5.41, 5.74) is -0.862. The highest BCUT2D eigenvalue weighted by Gasteiger charge is 2.26. The number of halogens is 3. The van der Waals surface area contributed by atoms with Crippen LogP contribution in [-0.4, -0.2) is 47.3 Å². The molecule has 6 nitrogen and oxygen atoms in total. The third kappa shape index (κ3) is 4.37. The van der Waals surface area contributed by atoms with E-state index in [1.54, 1.807) is 21.0 Å². The van der Waals surface area contributed by atoms with Gasteiger partial charge in [-0.05, 0) is 6.92 Å². The fraction of sp³-hybridized carbons (Fsp3) is 0.333. The van der Waals surface area contributed by atoms with Crippen LogP contribution in [-0.2, 0) is 9.53 Å². The zero-order valence-electron chi connectivity index (χ0n) is 11.5. The van der Waals surface area contributed by atoms with Crippen LogP contribution >= 0.6 is 23.2 Å². The molecule has 21 heavy (non-hydrogen) atoms. The van der Waals surface area contributed by atoms with Crippen molar-refractivity contribution in [3.8, 4) is 0 Å². The number of aromatic nitrogens is 2. The Hall–Kier alpha value is -1.73. The Morgan fingerprint density at radius 3 is 2.43 bits per heavy atom. The van der Waals surface area contributed by atoms with Crippen LogP contribution < -0.4 is 0 Å². The van der Waals surface area contributed by atoms with Gasteiger partial charge in [-0.15, -0.1) is 0 Å². The van der Waals surface area contributed by atoms with E-state index in [0.717, 1.165) is 0 Å². The van der Waals surface area contributed by atoms with Crippen LogP contribution in [0.1, 0.15) is 17.4 Å². The molecular weight excluding hydrogens is 324 g/mol. The molecule has 0 N–H and O–H groups in total. The molecule has 1 heterocycles. The molecule has 1 aromatic heterocycles. The van der Waals surface area contributed by atoms with Gasteiger partial charge in [0.1, 0.15) is 5.57 Å². The normalized spacial score (nSPS) is 11.2. The second-order valence-electron chi connectivity index (χ2n) is 4.00. The fourth-order valence-electron chi connectivity index (χ4n) is 1.32. The van der Waals surface area contributed by atoms with Gasteiger partial charge in [-0.3, -0.25) is 4.79 Å². The van der Waals surface area contributed by atoms with Crippen molar-refractivity contribution in [3.63, 3.8) is 0 Å². The number of hydrogen-bond donors (Lipinski definition) is 0. The first-order chi connectivity index (χ1) is 9.77. The largest absolute Gasteiger partial charge is 0.462 e. The Bertz CT molecular complexity index is 606. The van der Waals surface area contributed by atoms with Gasteiger partial charge < -0.3 is 9.64 Å². The molecule has 114 valence electrons. The first-order valence-corrected chi connectivity index (χ1v) is 6.52. The van der Waals surface area contributed by atoms with Gasteiger partial charge in [-0.2, -0.15) is 4.39 Å². The Kier molecular flexibility index (Phi) is 6.04. The fourth-order valence-corrected chi connectivity index (χ4v) is 1.70. The smallest absolute Gasteiger partial charge is 0.343 e. The van der Waals surface area contributed by atoms with Crippen LogP contribution in [0.15, 0.2) is 11.8 Å².